The first-order valence-electron chi connectivity index (χ1n) is 9.59. The molecule has 3 saturated heterocycles. The Hall–Kier alpha value is -1.99. The van der Waals surface area contributed by atoms with Gasteiger partial charge in [-0.25, -0.2) is 4.39 Å². The Morgan fingerprint density at radius 3 is 2.96 bits per heavy atom. The molecule has 146 valence electrons. The van der Waals surface area contributed by atoms with E-state index >= 15 is 0 Å². The third-order valence-corrected chi connectivity index (χ3v) is 6.33. The zero-order valence-corrected chi connectivity index (χ0v) is 15.2. The van der Waals surface area contributed by atoms with Crippen LogP contribution in [-0.4, -0.2) is 59.8 Å². The van der Waals surface area contributed by atoms with Gasteiger partial charge in [0.15, 0.2) is 0 Å². The van der Waals surface area contributed by atoms with Crippen LogP contribution < -0.4 is 5.32 Å². The number of aryl methyl sites for hydroxylation is 1. The lowest BCUT2D eigenvalue weighted by molar-refractivity contribution is -0.138. The highest BCUT2D eigenvalue weighted by Gasteiger charge is 2.62. The topological polar surface area (TPSA) is 78.9 Å². The molecule has 4 atom stereocenters. The summed E-state index contributed by atoms with van der Waals surface area (Å²) in [6.07, 6.45) is 2.71. The number of likely N-dealkylation sites (tertiary alicyclic amines) is 1. The fourth-order valence-corrected chi connectivity index (χ4v) is 5.14. The van der Waals surface area contributed by atoms with Gasteiger partial charge < -0.3 is 15.2 Å². The normalized spacial score (nSPS) is 31.8. The summed E-state index contributed by atoms with van der Waals surface area (Å²) in [4.78, 5) is 25.2. The van der Waals surface area contributed by atoms with E-state index in [4.69, 9.17) is 9.84 Å². The van der Waals surface area contributed by atoms with Gasteiger partial charge in [-0.2, -0.15) is 0 Å². The Morgan fingerprint density at radius 2 is 2.19 bits per heavy atom. The van der Waals surface area contributed by atoms with Gasteiger partial charge >= 0.3 is 5.97 Å². The second-order valence-corrected chi connectivity index (χ2v) is 7.99. The van der Waals surface area contributed by atoms with Crippen LogP contribution in [0.4, 0.5) is 4.39 Å². The summed E-state index contributed by atoms with van der Waals surface area (Å²) in [7, 11) is 0. The first-order valence-corrected chi connectivity index (χ1v) is 9.59. The molecular formula is C20H25FN2O4. The van der Waals surface area contributed by atoms with Crippen LogP contribution in [0.2, 0.25) is 0 Å². The summed E-state index contributed by atoms with van der Waals surface area (Å²) in [6.45, 7) is 1.94. The number of halogens is 1. The molecule has 3 aliphatic heterocycles. The molecule has 7 heteroatoms. The Bertz CT molecular complexity index is 742. The number of hydrogen-bond acceptors (Lipinski definition) is 4. The molecule has 0 aliphatic carbocycles. The summed E-state index contributed by atoms with van der Waals surface area (Å²) in [6, 6.07) is 6.51. The van der Waals surface area contributed by atoms with Gasteiger partial charge in [0.2, 0.25) is 5.91 Å². The fraction of sp³-hybridized carbons (Fsp3) is 0.600. The molecule has 1 aromatic carbocycles. The first-order chi connectivity index (χ1) is 13.0. The molecule has 27 heavy (non-hydrogen) atoms. The number of fused-ring (bicyclic) bond motifs is 1. The minimum atomic E-state index is -0.820. The average molecular weight is 376 g/mol. The molecule has 1 spiro atoms. The van der Waals surface area contributed by atoms with Crippen molar-refractivity contribution < 1.29 is 23.8 Å². The molecule has 1 amide bonds. The van der Waals surface area contributed by atoms with Gasteiger partial charge in [0.1, 0.15) is 5.82 Å². The summed E-state index contributed by atoms with van der Waals surface area (Å²) in [5.74, 6) is -0.704. The maximum atomic E-state index is 13.7. The number of carbonyl (C=O) groups is 2. The number of carboxylic acids is 1. The van der Waals surface area contributed by atoms with Gasteiger partial charge in [-0.15, -0.1) is 0 Å². The number of ether oxygens (including phenoxy) is 1. The number of carboxylic acid groups (broad SMARTS) is 1. The number of aliphatic carboxylic acids is 1. The molecule has 3 fully saturated rings. The van der Waals surface area contributed by atoms with E-state index in [-0.39, 0.29) is 48.2 Å². The van der Waals surface area contributed by atoms with Crippen molar-refractivity contribution in [1.82, 2.24) is 10.2 Å². The minimum absolute atomic E-state index is 0.0357. The zero-order valence-electron chi connectivity index (χ0n) is 15.2. The predicted octanol–water partition coefficient (Wildman–Crippen LogP) is 1.44. The Balaban J connectivity index is 1.30. The molecule has 3 heterocycles. The summed E-state index contributed by atoms with van der Waals surface area (Å²) >= 11 is 0. The first kappa shape index (κ1) is 18.4. The molecule has 0 saturated carbocycles. The molecule has 6 nitrogen and oxygen atoms in total. The molecule has 4 rings (SSSR count). The molecule has 0 radical (unpaired) electrons. The van der Waals surface area contributed by atoms with Crippen LogP contribution in [0.25, 0.3) is 0 Å². The van der Waals surface area contributed by atoms with E-state index in [1.54, 1.807) is 18.2 Å². The fourth-order valence-electron chi connectivity index (χ4n) is 5.14. The van der Waals surface area contributed by atoms with Crippen molar-refractivity contribution >= 4 is 11.9 Å². The highest BCUT2D eigenvalue weighted by Crippen LogP contribution is 2.54. The largest absolute Gasteiger partial charge is 0.480 e. The number of benzene rings is 1. The van der Waals surface area contributed by atoms with Crippen molar-refractivity contribution in [2.75, 3.05) is 26.2 Å². The molecule has 2 N–H and O–H groups in total. The van der Waals surface area contributed by atoms with Crippen molar-refractivity contribution in [3.8, 4) is 0 Å². The van der Waals surface area contributed by atoms with Crippen molar-refractivity contribution in [3.63, 3.8) is 0 Å². The second-order valence-electron chi connectivity index (χ2n) is 7.99. The van der Waals surface area contributed by atoms with E-state index in [1.807, 2.05) is 4.90 Å². The van der Waals surface area contributed by atoms with Crippen LogP contribution in [0.15, 0.2) is 24.3 Å². The summed E-state index contributed by atoms with van der Waals surface area (Å²) < 4.78 is 19.9. The maximum Gasteiger partial charge on any atom is 0.317 e. The van der Waals surface area contributed by atoms with Crippen LogP contribution in [0, 0.1) is 17.7 Å². The van der Waals surface area contributed by atoms with Gasteiger partial charge in [-0.1, -0.05) is 18.2 Å². The summed E-state index contributed by atoms with van der Waals surface area (Å²) in [5.41, 5.74) is 0.317. The van der Waals surface area contributed by atoms with Gasteiger partial charge in [0.05, 0.1) is 18.2 Å². The van der Waals surface area contributed by atoms with E-state index < -0.39 is 5.97 Å². The number of rotatable bonds is 7. The van der Waals surface area contributed by atoms with E-state index in [0.717, 1.165) is 12.8 Å². The van der Waals surface area contributed by atoms with Crippen LogP contribution in [0.1, 0.15) is 24.8 Å². The highest BCUT2D eigenvalue weighted by molar-refractivity contribution is 5.76. The lowest BCUT2D eigenvalue weighted by Crippen LogP contribution is -2.41. The number of nitrogens with one attached hydrogen (secondary N) is 1. The van der Waals surface area contributed by atoms with E-state index in [2.05, 4.69) is 5.32 Å². The van der Waals surface area contributed by atoms with Crippen LogP contribution >= 0.6 is 0 Å². The van der Waals surface area contributed by atoms with E-state index in [9.17, 15) is 14.0 Å². The summed E-state index contributed by atoms with van der Waals surface area (Å²) in [5, 5.41) is 12.0. The molecule has 2 bridgehead atoms. The molecule has 0 aromatic heterocycles. The van der Waals surface area contributed by atoms with Gasteiger partial charge in [-0.05, 0) is 30.9 Å². The number of nitrogens with zero attached hydrogens (tertiary/aromatic N) is 1. The SMILES string of the molecule is O=C(O)CN1C[C@@H]2[C@H](CNC(=O)CCc3ccccc3F)[C@H]3CC[C@]2(C1)O3. The zero-order chi connectivity index (χ0) is 19.0. The quantitative estimate of drug-likeness (QED) is 0.753. The average Bonchev–Trinajstić information content (AvgIpc) is 3.26. The lowest BCUT2D eigenvalue weighted by atomic mass is 9.73. The van der Waals surface area contributed by atoms with E-state index in [0.29, 0.717) is 31.6 Å². The predicted molar refractivity (Wildman–Crippen MR) is 95.6 cm³/mol. The smallest absolute Gasteiger partial charge is 0.317 e. The molecule has 1 aromatic rings. The second kappa shape index (κ2) is 7.20. The monoisotopic (exact) mass is 376 g/mol. The van der Waals surface area contributed by atoms with Gasteiger partial charge in [-0.3, -0.25) is 14.5 Å². The molecular weight excluding hydrogens is 351 g/mol. The Kier molecular flexibility index (Phi) is 4.90. The van der Waals surface area contributed by atoms with Gasteiger partial charge in [0, 0.05) is 37.9 Å². The van der Waals surface area contributed by atoms with Crippen molar-refractivity contribution in [1.29, 1.82) is 0 Å². The van der Waals surface area contributed by atoms with Crippen molar-refractivity contribution in [2.45, 2.75) is 37.4 Å². The van der Waals surface area contributed by atoms with Crippen molar-refractivity contribution in [3.05, 3.63) is 35.6 Å². The molecule has 3 aliphatic rings. The third kappa shape index (κ3) is 3.58. The van der Waals surface area contributed by atoms with Crippen molar-refractivity contribution in [2.24, 2.45) is 11.8 Å². The number of hydrogen-bond donors (Lipinski definition) is 2. The van der Waals surface area contributed by atoms with Crippen LogP contribution in [-0.2, 0) is 20.7 Å². The number of amides is 1. The van der Waals surface area contributed by atoms with Gasteiger partial charge in [0.25, 0.3) is 0 Å². The molecule has 0 unspecified atom stereocenters. The lowest BCUT2D eigenvalue weighted by Gasteiger charge is -2.29. The van der Waals surface area contributed by atoms with Crippen LogP contribution in [0.3, 0.4) is 0 Å². The van der Waals surface area contributed by atoms with E-state index in [1.165, 1.54) is 6.07 Å². The standard InChI is InChI=1S/C20H25FN2O4/c21-16-4-2-1-3-13(16)5-6-18(24)22-9-14-15-10-23(11-19(25)26)12-20(15)8-7-17(14)27-20/h1-4,14-15,17H,5-12H2,(H,22,24)(H,25,26)/t14-,15+,17+,20+/m0/s1. The third-order valence-electron chi connectivity index (χ3n) is 6.33. The van der Waals surface area contributed by atoms with Crippen LogP contribution in [0.5, 0.6) is 0 Å². The highest BCUT2D eigenvalue weighted by atomic mass is 19.1. The Morgan fingerprint density at radius 1 is 1.37 bits per heavy atom. The Labute approximate surface area is 157 Å². The number of carbonyl (C=O) groups excluding carboxylic acids is 1. The maximum absolute atomic E-state index is 13.7. The minimum Gasteiger partial charge on any atom is -0.480 e.